The molecule has 2 fully saturated rings. The highest BCUT2D eigenvalue weighted by Crippen LogP contribution is 2.71. The third-order valence-corrected chi connectivity index (χ3v) is 9.23. The molecule has 1 aliphatic heterocycles. The molecule has 6 rings (SSSR count). The summed E-state index contributed by atoms with van der Waals surface area (Å²) in [4.78, 5) is 53.1. The van der Waals surface area contributed by atoms with Crippen LogP contribution in [-0.4, -0.2) is 29.9 Å². The van der Waals surface area contributed by atoms with Crippen molar-refractivity contribution in [2.75, 3.05) is 6.61 Å². The zero-order valence-electron chi connectivity index (χ0n) is 18.3. The van der Waals surface area contributed by atoms with Crippen LogP contribution in [0, 0.1) is 33.0 Å². The topological polar surface area (TPSA) is 77.5 Å². The Morgan fingerprint density at radius 3 is 2.43 bits per heavy atom. The summed E-state index contributed by atoms with van der Waals surface area (Å²) in [6, 6.07) is 0. The summed E-state index contributed by atoms with van der Waals surface area (Å²) in [5.41, 5.74) is -2.96. The van der Waals surface area contributed by atoms with Crippen molar-refractivity contribution in [2.45, 2.75) is 53.9 Å². The number of fused-ring (bicyclic) bond motifs is 2. The van der Waals surface area contributed by atoms with Crippen LogP contribution in [0.15, 0.2) is 35.5 Å². The summed E-state index contributed by atoms with van der Waals surface area (Å²) in [5.74, 6) is -0.497. The van der Waals surface area contributed by atoms with E-state index < -0.39 is 33.0 Å². The van der Waals surface area contributed by atoms with E-state index in [1.807, 2.05) is 34.6 Å². The van der Waals surface area contributed by atoms with Gasteiger partial charge in [0.1, 0.15) is 12.4 Å². The Bertz CT molecular complexity index is 1040. The molecule has 5 atom stereocenters. The van der Waals surface area contributed by atoms with Gasteiger partial charge in [0.05, 0.1) is 5.41 Å². The second-order valence-electron chi connectivity index (χ2n) is 11.0. The highest BCUT2D eigenvalue weighted by atomic mass is 16.5. The highest BCUT2D eigenvalue weighted by molar-refractivity contribution is 6.08. The van der Waals surface area contributed by atoms with Gasteiger partial charge in [-0.25, -0.2) is 4.79 Å². The summed E-state index contributed by atoms with van der Waals surface area (Å²) in [5, 5.41) is 0. The molecule has 5 heteroatoms. The Hall–Kier alpha value is -2.30. The van der Waals surface area contributed by atoms with E-state index in [-0.39, 0.29) is 29.9 Å². The fraction of sp³-hybridized carbons (Fsp3) is 0.600. The average Bonchev–Trinajstić information content (AvgIpc) is 2.94. The van der Waals surface area contributed by atoms with Crippen molar-refractivity contribution in [3.8, 4) is 0 Å². The third-order valence-electron chi connectivity index (χ3n) is 9.23. The maximum absolute atomic E-state index is 14.5. The van der Waals surface area contributed by atoms with Crippen LogP contribution in [-0.2, 0) is 23.9 Å². The van der Waals surface area contributed by atoms with Crippen molar-refractivity contribution in [3.63, 3.8) is 0 Å². The molecule has 1 heterocycles. The van der Waals surface area contributed by atoms with E-state index in [1.165, 1.54) is 0 Å². The van der Waals surface area contributed by atoms with Gasteiger partial charge in [-0.3, -0.25) is 14.4 Å². The van der Waals surface area contributed by atoms with Gasteiger partial charge in [0, 0.05) is 27.2 Å². The fourth-order valence-corrected chi connectivity index (χ4v) is 7.57. The number of hydrogen-bond donors (Lipinski definition) is 0. The van der Waals surface area contributed by atoms with E-state index in [0.29, 0.717) is 24.8 Å². The molecule has 0 amide bonds. The number of allylic oxidation sites excluding steroid dienone is 4. The molecular formula is C25H28O5. The lowest BCUT2D eigenvalue weighted by atomic mass is 9.39. The predicted octanol–water partition coefficient (Wildman–Crippen LogP) is 3.53. The van der Waals surface area contributed by atoms with Gasteiger partial charge in [0.15, 0.2) is 11.6 Å². The van der Waals surface area contributed by atoms with Crippen LogP contribution in [0.3, 0.4) is 0 Å². The van der Waals surface area contributed by atoms with Gasteiger partial charge >= 0.3 is 5.97 Å². The summed E-state index contributed by atoms with van der Waals surface area (Å²) in [7, 11) is 0. The van der Waals surface area contributed by atoms with Crippen LogP contribution in [0.25, 0.3) is 0 Å². The minimum absolute atomic E-state index is 0.0423. The van der Waals surface area contributed by atoms with E-state index in [0.717, 1.165) is 5.57 Å². The van der Waals surface area contributed by atoms with E-state index in [9.17, 15) is 19.2 Å². The first-order chi connectivity index (χ1) is 13.9. The lowest BCUT2D eigenvalue weighted by Crippen LogP contribution is -2.64. The molecule has 5 nitrogen and oxygen atoms in total. The smallest absolute Gasteiger partial charge is 0.334 e. The van der Waals surface area contributed by atoms with Gasteiger partial charge in [-0.2, -0.15) is 0 Å². The highest BCUT2D eigenvalue weighted by Gasteiger charge is 2.74. The molecule has 6 aliphatic rings. The molecule has 0 radical (unpaired) electrons. The molecule has 1 saturated carbocycles. The molecular weight excluding hydrogens is 380 g/mol. The first-order valence-electron chi connectivity index (χ1n) is 10.8. The second kappa shape index (κ2) is 5.30. The monoisotopic (exact) mass is 408 g/mol. The molecule has 0 aromatic heterocycles. The number of Topliss-reactive ketones (excluding diaryl/α,β-unsaturated/α-hetero) is 1. The summed E-state index contributed by atoms with van der Waals surface area (Å²) in [6.45, 7) is 9.58. The Kier molecular flexibility index (Phi) is 3.47. The zero-order valence-corrected chi connectivity index (χ0v) is 18.3. The number of rotatable bonds is 0. The van der Waals surface area contributed by atoms with E-state index >= 15 is 0 Å². The van der Waals surface area contributed by atoms with Crippen molar-refractivity contribution in [1.29, 1.82) is 0 Å². The number of hydrogen-bond acceptors (Lipinski definition) is 5. The van der Waals surface area contributed by atoms with Crippen LogP contribution in [0.4, 0.5) is 0 Å². The number of ketones is 3. The lowest BCUT2D eigenvalue weighted by molar-refractivity contribution is -0.163. The summed E-state index contributed by atoms with van der Waals surface area (Å²) >= 11 is 0. The summed E-state index contributed by atoms with van der Waals surface area (Å²) < 4.78 is 5.55. The van der Waals surface area contributed by atoms with E-state index in [1.54, 1.807) is 24.3 Å². The molecule has 30 heavy (non-hydrogen) atoms. The first-order valence-corrected chi connectivity index (χ1v) is 10.8. The van der Waals surface area contributed by atoms with Gasteiger partial charge < -0.3 is 4.74 Å². The largest absolute Gasteiger partial charge is 0.461 e. The lowest BCUT2D eigenvalue weighted by Gasteiger charge is -2.60. The van der Waals surface area contributed by atoms with Crippen molar-refractivity contribution in [1.82, 2.24) is 0 Å². The Morgan fingerprint density at radius 1 is 1.03 bits per heavy atom. The third kappa shape index (κ3) is 1.86. The number of carbonyl (C=O) groups is 4. The Morgan fingerprint density at radius 2 is 1.73 bits per heavy atom. The van der Waals surface area contributed by atoms with E-state index in [2.05, 4.69) is 0 Å². The van der Waals surface area contributed by atoms with Gasteiger partial charge in [-0.15, -0.1) is 0 Å². The molecule has 2 spiro atoms. The standard InChI is InChI=1S/C25H28O5/c1-14-10-18(27)22(4)11-15-19(28)30-13-25(14,15)24(12-22)9-6-16-21(2,3)17(26)7-8-23(16,5)20(24)29/h7-8,10-11,16H,6,9,12-13H2,1-5H3/t16-,22+,23?,24-,25-/m0/s1. The Labute approximate surface area is 176 Å². The van der Waals surface area contributed by atoms with Crippen LogP contribution >= 0.6 is 0 Å². The van der Waals surface area contributed by atoms with Crippen LogP contribution in [0.2, 0.25) is 0 Å². The van der Waals surface area contributed by atoms with Crippen molar-refractivity contribution in [3.05, 3.63) is 35.5 Å². The SMILES string of the molecule is CC1=CC(=O)[C@]2(C)C=C3C(=O)OC[C@]13[C@@]1(CC[C@H]3C(C)(C)C(=O)C=CC3(C)C1=O)C2. The number of cyclic esters (lactones) is 1. The van der Waals surface area contributed by atoms with Crippen molar-refractivity contribution in [2.24, 2.45) is 33.0 Å². The van der Waals surface area contributed by atoms with Crippen LogP contribution < -0.4 is 0 Å². The predicted molar refractivity (Wildman–Crippen MR) is 109 cm³/mol. The van der Waals surface area contributed by atoms with Crippen LogP contribution in [0.1, 0.15) is 53.9 Å². The first kappa shape index (κ1) is 19.7. The van der Waals surface area contributed by atoms with Gasteiger partial charge in [0.25, 0.3) is 0 Å². The maximum atomic E-state index is 14.5. The molecule has 2 bridgehead atoms. The molecule has 0 aromatic rings. The minimum atomic E-state index is -0.914. The van der Waals surface area contributed by atoms with E-state index in [4.69, 9.17) is 4.74 Å². The minimum Gasteiger partial charge on any atom is -0.461 e. The van der Waals surface area contributed by atoms with Gasteiger partial charge in [-0.1, -0.05) is 31.6 Å². The van der Waals surface area contributed by atoms with Gasteiger partial charge in [-0.05, 0) is 58.1 Å². The zero-order chi connectivity index (χ0) is 21.9. The van der Waals surface area contributed by atoms with Crippen molar-refractivity contribution >= 4 is 23.3 Å². The Balaban J connectivity index is 1.78. The normalized spacial score (nSPS) is 46.2. The molecule has 0 aromatic carbocycles. The molecule has 158 valence electrons. The number of carbonyl (C=O) groups excluding carboxylic acids is 4. The van der Waals surface area contributed by atoms with Crippen LogP contribution in [0.5, 0.6) is 0 Å². The number of esters is 1. The second-order valence-corrected chi connectivity index (χ2v) is 11.0. The maximum Gasteiger partial charge on any atom is 0.334 e. The number of ether oxygens (including phenoxy) is 1. The molecule has 5 aliphatic carbocycles. The van der Waals surface area contributed by atoms with Crippen molar-refractivity contribution < 1.29 is 23.9 Å². The van der Waals surface area contributed by atoms with Gasteiger partial charge in [0.2, 0.25) is 0 Å². The fourth-order valence-electron chi connectivity index (χ4n) is 7.57. The average molecular weight is 408 g/mol. The molecule has 0 N–H and O–H groups in total. The summed E-state index contributed by atoms with van der Waals surface area (Å²) in [6.07, 6.45) is 8.35. The molecule has 1 unspecified atom stereocenters. The molecule has 1 saturated heterocycles. The quantitative estimate of drug-likeness (QED) is 0.573.